The van der Waals surface area contributed by atoms with Crippen molar-refractivity contribution >= 4 is 11.9 Å². The Hall–Kier alpha value is -1.84. The van der Waals surface area contributed by atoms with Crippen LogP contribution in [0.4, 0.5) is 0 Å². The molecule has 110 valence electrons. The highest BCUT2D eigenvalue weighted by atomic mass is 16.6. The Morgan fingerprint density at radius 3 is 2.25 bits per heavy atom. The molecule has 0 amide bonds. The molecule has 1 aromatic rings. The van der Waals surface area contributed by atoms with Gasteiger partial charge in [0, 0.05) is 0 Å². The van der Waals surface area contributed by atoms with Gasteiger partial charge in [-0.1, -0.05) is 39.3 Å². The van der Waals surface area contributed by atoms with Crippen LogP contribution in [0.15, 0.2) is 24.3 Å². The second-order valence-corrected chi connectivity index (χ2v) is 5.46. The van der Waals surface area contributed by atoms with Crippen molar-refractivity contribution in [1.29, 1.82) is 0 Å². The molecule has 1 unspecified atom stereocenters. The van der Waals surface area contributed by atoms with Crippen LogP contribution in [0.1, 0.15) is 61.3 Å². The summed E-state index contributed by atoms with van der Waals surface area (Å²) in [7, 11) is 0. The summed E-state index contributed by atoms with van der Waals surface area (Å²) >= 11 is 0. The molecule has 0 spiro atoms. The van der Waals surface area contributed by atoms with E-state index < -0.39 is 17.5 Å². The van der Waals surface area contributed by atoms with Crippen LogP contribution in [0.3, 0.4) is 0 Å². The van der Waals surface area contributed by atoms with Crippen LogP contribution in [-0.2, 0) is 4.74 Å². The van der Waals surface area contributed by atoms with Crippen LogP contribution < -0.4 is 0 Å². The van der Waals surface area contributed by atoms with E-state index in [2.05, 4.69) is 0 Å². The van der Waals surface area contributed by atoms with Gasteiger partial charge in [0.15, 0.2) is 0 Å². The first-order chi connectivity index (χ1) is 9.31. The highest BCUT2D eigenvalue weighted by Gasteiger charge is 2.33. The highest BCUT2D eigenvalue weighted by Crippen LogP contribution is 2.28. The van der Waals surface area contributed by atoms with Gasteiger partial charge >= 0.3 is 11.9 Å². The van der Waals surface area contributed by atoms with E-state index >= 15 is 0 Å². The molecule has 4 nitrogen and oxygen atoms in total. The van der Waals surface area contributed by atoms with E-state index in [1.54, 1.807) is 12.1 Å². The number of benzene rings is 1. The molecule has 0 saturated carbocycles. The van der Waals surface area contributed by atoms with Crippen LogP contribution in [0.25, 0.3) is 0 Å². The largest absolute Gasteiger partial charge is 0.478 e. The molecule has 1 aromatic carbocycles. The number of carbonyl (C=O) groups is 2. The SMILES string of the molecule is CCCC(C)(OC(=O)c1ccccc1C(=O)O)C(C)C. The molecule has 0 aliphatic rings. The Kier molecular flexibility index (Phi) is 5.31. The Morgan fingerprint density at radius 1 is 1.25 bits per heavy atom. The summed E-state index contributed by atoms with van der Waals surface area (Å²) in [6.45, 7) is 7.90. The van der Waals surface area contributed by atoms with Gasteiger partial charge in [0.2, 0.25) is 0 Å². The summed E-state index contributed by atoms with van der Waals surface area (Å²) in [5.74, 6) is -1.55. The van der Waals surface area contributed by atoms with E-state index in [0.717, 1.165) is 12.8 Å². The zero-order chi connectivity index (χ0) is 15.3. The minimum absolute atomic E-state index is 0.0277. The zero-order valence-corrected chi connectivity index (χ0v) is 12.5. The van der Waals surface area contributed by atoms with Crippen LogP contribution in [0.2, 0.25) is 0 Å². The maximum absolute atomic E-state index is 12.3. The van der Waals surface area contributed by atoms with E-state index in [1.807, 2.05) is 27.7 Å². The fraction of sp³-hybridized carbons (Fsp3) is 0.500. The fourth-order valence-corrected chi connectivity index (χ4v) is 2.07. The Labute approximate surface area is 119 Å². The quantitative estimate of drug-likeness (QED) is 0.805. The number of ether oxygens (including phenoxy) is 1. The van der Waals surface area contributed by atoms with Gasteiger partial charge < -0.3 is 9.84 Å². The monoisotopic (exact) mass is 278 g/mol. The highest BCUT2D eigenvalue weighted by molar-refractivity contribution is 6.02. The van der Waals surface area contributed by atoms with E-state index in [-0.39, 0.29) is 17.0 Å². The number of esters is 1. The first-order valence-electron chi connectivity index (χ1n) is 6.87. The molecule has 0 saturated heterocycles. The molecule has 0 aliphatic carbocycles. The summed E-state index contributed by atoms with van der Waals surface area (Å²) in [4.78, 5) is 23.4. The lowest BCUT2D eigenvalue weighted by atomic mass is 9.87. The molecule has 0 heterocycles. The summed E-state index contributed by atoms with van der Waals surface area (Å²) in [6.07, 6.45) is 1.63. The van der Waals surface area contributed by atoms with Crippen LogP contribution in [0, 0.1) is 5.92 Å². The molecule has 4 heteroatoms. The number of carboxylic acid groups (broad SMARTS) is 1. The van der Waals surface area contributed by atoms with Crippen molar-refractivity contribution in [3.05, 3.63) is 35.4 Å². The van der Waals surface area contributed by atoms with E-state index in [0.29, 0.717) is 0 Å². The lowest BCUT2D eigenvalue weighted by Crippen LogP contribution is -2.37. The summed E-state index contributed by atoms with van der Waals surface area (Å²) in [6, 6.07) is 6.12. The zero-order valence-electron chi connectivity index (χ0n) is 12.5. The fourth-order valence-electron chi connectivity index (χ4n) is 2.07. The van der Waals surface area contributed by atoms with Crippen LogP contribution in [0.5, 0.6) is 0 Å². The molecule has 0 radical (unpaired) electrons. The third-order valence-corrected chi connectivity index (χ3v) is 3.67. The van der Waals surface area contributed by atoms with E-state index in [4.69, 9.17) is 9.84 Å². The van der Waals surface area contributed by atoms with Gasteiger partial charge in [-0.15, -0.1) is 0 Å². The van der Waals surface area contributed by atoms with E-state index in [9.17, 15) is 9.59 Å². The standard InChI is InChI=1S/C16H22O4/c1-5-10-16(4,11(2)3)20-15(19)13-9-7-6-8-12(13)14(17)18/h6-9,11H,5,10H2,1-4H3,(H,17,18). The Balaban J connectivity index is 3.04. The first kappa shape index (κ1) is 16.2. The summed E-state index contributed by atoms with van der Waals surface area (Å²) in [5, 5.41) is 9.12. The summed E-state index contributed by atoms with van der Waals surface area (Å²) in [5.41, 5.74) is -0.514. The van der Waals surface area contributed by atoms with Gasteiger partial charge in [-0.25, -0.2) is 9.59 Å². The molecule has 1 N–H and O–H groups in total. The van der Waals surface area contributed by atoms with Gasteiger partial charge in [0.05, 0.1) is 11.1 Å². The molecule has 0 bridgehead atoms. The normalized spacial score (nSPS) is 13.8. The number of hydrogen-bond donors (Lipinski definition) is 1. The average molecular weight is 278 g/mol. The molecule has 1 atom stereocenters. The second kappa shape index (κ2) is 6.55. The molecular weight excluding hydrogens is 256 g/mol. The van der Waals surface area contributed by atoms with Gasteiger partial charge in [-0.05, 0) is 31.4 Å². The summed E-state index contributed by atoms with van der Waals surface area (Å²) < 4.78 is 5.61. The molecule has 0 fully saturated rings. The number of aromatic carboxylic acids is 1. The number of hydrogen-bond acceptors (Lipinski definition) is 3. The maximum Gasteiger partial charge on any atom is 0.339 e. The minimum Gasteiger partial charge on any atom is -0.478 e. The average Bonchev–Trinajstić information content (AvgIpc) is 2.38. The third-order valence-electron chi connectivity index (χ3n) is 3.67. The van der Waals surface area contributed by atoms with Gasteiger partial charge in [0.25, 0.3) is 0 Å². The lowest BCUT2D eigenvalue weighted by molar-refractivity contribution is -0.0379. The van der Waals surface area contributed by atoms with Crippen molar-refractivity contribution in [2.24, 2.45) is 5.92 Å². The van der Waals surface area contributed by atoms with Gasteiger partial charge in [0.1, 0.15) is 5.60 Å². The van der Waals surface area contributed by atoms with Crippen LogP contribution >= 0.6 is 0 Å². The molecule has 0 aromatic heterocycles. The van der Waals surface area contributed by atoms with Crippen molar-refractivity contribution in [3.8, 4) is 0 Å². The van der Waals surface area contributed by atoms with Crippen molar-refractivity contribution < 1.29 is 19.4 Å². The molecular formula is C16H22O4. The molecule has 0 aliphatic heterocycles. The van der Waals surface area contributed by atoms with E-state index in [1.165, 1.54) is 12.1 Å². The third kappa shape index (κ3) is 3.59. The van der Waals surface area contributed by atoms with Crippen molar-refractivity contribution in [3.63, 3.8) is 0 Å². The predicted molar refractivity (Wildman–Crippen MR) is 77.0 cm³/mol. The van der Waals surface area contributed by atoms with Crippen molar-refractivity contribution in [2.45, 2.75) is 46.1 Å². The lowest BCUT2D eigenvalue weighted by Gasteiger charge is -2.33. The van der Waals surface area contributed by atoms with Crippen molar-refractivity contribution in [2.75, 3.05) is 0 Å². The van der Waals surface area contributed by atoms with Crippen LogP contribution in [-0.4, -0.2) is 22.6 Å². The smallest absolute Gasteiger partial charge is 0.339 e. The van der Waals surface area contributed by atoms with Gasteiger partial charge in [-0.3, -0.25) is 0 Å². The topological polar surface area (TPSA) is 63.6 Å². The Bertz CT molecular complexity index is 493. The number of rotatable bonds is 6. The number of carboxylic acids is 1. The second-order valence-electron chi connectivity index (χ2n) is 5.46. The van der Waals surface area contributed by atoms with Crippen molar-refractivity contribution in [1.82, 2.24) is 0 Å². The molecule has 20 heavy (non-hydrogen) atoms. The maximum atomic E-state index is 12.3. The minimum atomic E-state index is -1.13. The Morgan fingerprint density at radius 2 is 1.80 bits per heavy atom. The molecule has 1 rings (SSSR count). The van der Waals surface area contributed by atoms with Gasteiger partial charge in [-0.2, -0.15) is 0 Å². The number of carbonyl (C=O) groups excluding carboxylic acids is 1. The first-order valence-corrected chi connectivity index (χ1v) is 6.87. The predicted octanol–water partition coefficient (Wildman–Crippen LogP) is 3.76.